The van der Waals surface area contributed by atoms with Crippen LogP contribution in [0.3, 0.4) is 0 Å². The van der Waals surface area contributed by atoms with E-state index in [2.05, 4.69) is 10.3 Å². The molecule has 29 heavy (non-hydrogen) atoms. The summed E-state index contributed by atoms with van der Waals surface area (Å²) in [7, 11) is 4.71. The van der Waals surface area contributed by atoms with Crippen LogP contribution in [0.2, 0.25) is 0 Å². The zero-order valence-corrected chi connectivity index (χ0v) is 16.4. The number of benzene rings is 2. The van der Waals surface area contributed by atoms with Gasteiger partial charge < -0.3 is 19.7 Å². The van der Waals surface area contributed by atoms with E-state index in [4.69, 9.17) is 9.47 Å². The van der Waals surface area contributed by atoms with Gasteiger partial charge in [0.15, 0.2) is 0 Å². The van der Waals surface area contributed by atoms with Gasteiger partial charge in [-0.15, -0.1) is 0 Å². The Hall–Kier alpha value is -3.87. The molecule has 0 radical (unpaired) electrons. The Morgan fingerprint density at radius 3 is 2.31 bits per heavy atom. The predicted molar refractivity (Wildman–Crippen MR) is 111 cm³/mol. The van der Waals surface area contributed by atoms with Crippen LogP contribution in [0.5, 0.6) is 11.5 Å². The van der Waals surface area contributed by atoms with E-state index in [1.165, 1.54) is 12.0 Å². The number of anilines is 2. The van der Waals surface area contributed by atoms with Gasteiger partial charge in [0.05, 0.1) is 19.9 Å². The van der Waals surface area contributed by atoms with Crippen molar-refractivity contribution in [1.82, 2.24) is 4.98 Å². The number of nitrogens with one attached hydrogen (secondary N) is 1. The van der Waals surface area contributed by atoms with Gasteiger partial charge in [0.1, 0.15) is 22.9 Å². The Balaban J connectivity index is 1.80. The molecule has 0 spiro atoms. The third-order valence-electron chi connectivity index (χ3n) is 4.31. The summed E-state index contributed by atoms with van der Waals surface area (Å²) in [5.41, 5.74) is 1.50. The van der Waals surface area contributed by atoms with Crippen LogP contribution in [-0.2, 0) is 0 Å². The number of methoxy groups -OCH3 is 2. The summed E-state index contributed by atoms with van der Waals surface area (Å²) in [6, 6.07) is 19.0. The summed E-state index contributed by atoms with van der Waals surface area (Å²) >= 11 is 0. The number of aromatic nitrogens is 1. The molecule has 148 valence electrons. The Morgan fingerprint density at radius 2 is 1.62 bits per heavy atom. The van der Waals surface area contributed by atoms with Crippen LogP contribution in [0.1, 0.15) is 21.0 Å². The smallest absolute Gasteiger partial charge is 0.276 e. The van der Waals surface area contributed by atoms with E-state index >= 15 is 0 Å². The molecular formula is C22H21N3O4. The normalized spacial score (nSPS) is 10.2. The first-order valence-electron chi connectivity index (χ1n) is 8.87. The van der Waals surface area contributed by atoms with Crippen LogP contribution in [0.4, 0.5) is 11.4 Å². The van der Waals surface area contributed by atoms with Gasteiger partial charge in [-0.05, 0) is 36.4 Å². The predicted octanol–water partition coefficient (Wildman–Crippen LogP) is 3.63. The standard InChI is InChI=1S/C22H21N3O4/c1-25(15-8-5-4-6-9-15)22(27)19-11-7-10-18(23-19)21(26)24-17-13-12-16(28-2)14-20(17)29-3/h4-14H,1-3H3,(H,24,26). The maximum Gasteiger partial charge on any atom is 0.276 e. The Bertz CT molecular complexity index is 1020. The molecule has 0 fully saturated rings. The van der Waals surface area contributed by atoms with Gasteiger partial charge in [-0.25, -0.2) is 4.98 Å². The van der Waals surface area contributed by atoms with Crippen molar-refractivity contribution >= 4 is 23.2 Å². The van der Waals surface area contributed by atoms with E-state index in [0.717, 1.165) is 5.69 Å². The molecule has 0 saturated heterocycles. The minimum atomic E-state index is -0.453. The van der Waals surface area contributed by atoms with Gasteiger partial charge in [-0.1, -0.05) is 24.3 Å². The number of nitrogens with zero attached hydrogens (tertiary/aromatic N) is 2. The minimum absolute atomic E-state index is 0.121. The number of pyridine rings is 1. The van der Waals surface area contributed by atoms with Crippen molar-refractivity contribution < 1.29 is 19.1 Å². The number of para-hydroxylation sites is 1. The molecule has 2 amide bonds. The van der Waals surface area contributed by atoms with Crippen LogP contribution in [0.15, 0.2) is 66.7 Å². The van der Waals surface area contributed by atoms with E-state index in [1.807, 2.05) is 30.3 Å². The topological polar surface area (TPSA) is 80.8 Å². The van der Waals surface area contributed by atoms with Crippen molar-refractivity contribution in [3.8, 4) is 11.5 Å². The number of carbonyl (C=O) groups is 2. The molecule has 2 aromatic carbocycles. The Labute approximate surface area is 168 Å². The molecule has 1 N–H and O–H groups in total. The molecule has 0 saturated carbocycles. The van der Waals surface area contributed by atoms with Crippen molar-refractivity contribution in [2.24, 2.45) is 0 Å². The SMILES string of the molecule is COc1ccc(NC(=O)c2cccc(C(=O)N(C)c3ccccc3)n2)c(OC)c1. The van der Waals surface area contributed by atoms with Gasteiger partial charge >= 0.3 is 0 Å². The quantitative estimate of drug-likeness (QED) is 0.694. The highest BCUT2D eigenvalue weighted by molar-refractivity contribution is 6.07. The van der Waals surface area contributed by atoms with E-state index in [1.54, 1.807) is 50.6 Å². The second-order valence-electron chi connectivity index (χ2n) is 6.13. The van der Waals surface area contributed by atoms with Gasteiger partial charge in [0, 0.05) is 18.8 Å². The lowest BCUT2D eigenvalue weighted by atomic mass is 10.2. The average molecular weight is 391 g/mol. The van der Waals surface area contributed by atoms with Crippen molar-refractivity contribution in [2.75, 3.05) is 31.5 Å². The summed E-state index contributed by atoms with van der Waals surface area (Å²) in [5.74, 6) is 0.293. The highest BCUT2D eigenvalue weighted by Crippen LogP contribution is 2.29. The summed E-state index contributed by atoms with van der Waals surface area (Å²) in [6.07, 6.45) is 0. The second kappa shape index (κ2) is 8.88. The molecule has 3 rings (SSSR count). The molecular weight excluding hydrogens is 370 g/mol. The zero-order chi connectivity index (χ0) is 20.8. The van der Waals surface area contributed by atoms with E-state index in [0.29, 0.717) is 17.2 Å². The first kappa shape index (κ1) is 19.9. The highest BCUT2D eigenvalue weighted by Gasteiger charge is 2.18. The van der Waals surface area contributed by atoms with E-state index in [9.17, 15) is 9.59 Å². The Kier molecular flexibility index (Phi) is 6.09. The average Bonchev–Trinajstić information content (AvgIpc) is 2.78. The molecule has 0 atom stereocenters. The van der Waals surface area contributed by atoms with Gasteiger partial charge in [-0.3, -0.25) is 9.59 Å². The first-order valence-corrected chi connectivity index (χ1v) is 8.87. The van der Waals surface area contributed by atoms with E-state index < -0.39 is 5.91 Å². The highest BCUT2D eigenvalue weighted by atomic mass is 16.5. The van der Waals surface area contributed by atoms with Crippen LogP contribution in [0.25, 0.3) is 0 Å². The summed E-state index contributed by atoms with van der Waals surface area (Å²) in [6.45, 7) is 0. The molecule has 7 heteroatoms. The summed E-state index contributed by atoms with van der Waals surface area (Å²) in [5, 5.41) is 2.75. The lowest BCUT2D eigenvalue weighted by Gasteiger charge is -2.17. The van der Waals surface area contributed by atoms with Crippen molar-refractivity contribution in [3.63, 3.8) is 0 Å². The number of amides is 2. The molecule has 1 aromatic heterocycles. The molecule has 7 nitrogen and oxygen atoms in total. The van der Waals surface area contributed by atoms with Crippen LogP contribution in [-0.4, -0.2) is 38.1 Å². The van der Waals surface area contributed by atoms with Crippen molar-refractivity contribution in [2.45, 2.75) is 0 Å². The summed E-state index contributed by atoms with van der Waals surface area (Å²) < 4.78 is 10.4. The maximum atomic E-state index is 12.7. The Morgan fingerprint density at radius 1 is 0.897 bits per heavy atom. The van der Waals surface area contributed by atoms with Crippen LogP contribution < -0.4 is 19.7 Å². The van der Waals surface area contributed by atoms with Crippen LogP contribution in [0, 0.1) is 0 Å². The largest absolute Gasteiger partial charge is 0.497 e. The van der Waals surface area contributed by atoms with E-state index in [-0.39, 0.29) is 17.3 Å². The molecule has 1 heterocycles. The molecule has 0 aliphatic rings. The number of ether oxygens (including phenoxy) is 2. The van der Waals surface area contributed by atoms with Gasteiger partial charge in [0.2, 0.25) is 0 Å². The maximum absolute atomic E-state index is 12.7. The molecule has 0 aliphatic carbocycles. The van der Waals surface area contributed by atoms with Gasteiger partial charge in [0.25, 0.3) is 11.8 Å². The number of hydrogen-bond donors (Lipinski definition) is 1. The minimum Gasteiger partial charge on any atom is -0.497 e. The number of carbonyl (C=O) groups excluding carboxylic acids is 2. The first-order chi connectivity index (χ1) is 14.0. The second-order valence-corrected chi connectivity index (χ2v) is 6.13. The zero-order valence-electron chi connectivity index (χ0n) is 16.4. The molecule has 3 aromatic rings. The fraction of sp³-hybridized carbons (Fsp3) is 0.136. The summed E-state index contributed by atoms with van der Waals surface area (Å²) in [4.78, 5) is 31.1. The third kappa shape index (κ3) is 4.52. The lowest BCUT2D eigenvalue weighted by Crippen LogP contribution is -2.27. The molecule has 0 unspecified atom stereocenters. The fourth-order valence-electron chi connectivity index (χ4n) is 2.71. The molecule has 0 bridgehead atoms. The number of rotatable bonds is 6. The number of hydrogen-bond acceptors (Lipinski definition) is 5. The fourth-order valence-corrected chi connectivity index (χ4v) is 2.71. The van der Waals surface area contributed by atoms with Crippen molar-refractivity contribution in [3.05, 3.63) is 78.1 Å². The van der Waals surface area contributed by atoms with Crippen LogP contribution >= 0.6 is 0 Å². The van der Waals surface area contributed by atoms with Crippen molar-refractivity contribution in [1.29, 1.82) is 0 Å². The van der Waals surface area contributed by atoms with Gasteiger partial charge in [-0.2, -0.15) is 0 Å². The monoisotopic (exact) mass is 391 g/mol. The third-order valence-corrected chi connectivity index (χ3v) is 4.31. The molecule has 0 aliphatic heterocycles. The lowest BCUT2D eigenvalue weighted by molar-refractivity contribution is 0.0988.